The minimum Gasteiger partial charge on any atom is -0.388 e. The Bertz CT molecular complexity index is 555. The number of carbonyl (C=O) groups is 1. The van der Waals surface area contributed by atoms with Gasteiger partial charge in [0.1, 0.15) is 6.61 Å². The summed E-state index contributed by atoms with van der Waals surface area (Å²) in [5.41, 5.74) is 2.89. The van der Waals surface area contributed by atoms with E-state index in [1.807, 2.05) is 32.0 Å². The first kappa shape index (κ1) is 12.3. The number of rotatable bonds is 3. The topological polar surface area (TPSA) is 75.4 Å². The van der Waals surface area contributed by atoms with Crippen molar-refractivity contribution in [2.24, 2.45) is 0 Å². The third kappa shape index (κ3) is 2.41. The van der Waals surface area contributed by atoms with Gasteiger partial charge >= 0.3 is 0 Å². The van der Waals surface area contributed by atoms with Crippen LogP contribution in [-0.4, -0.2) is 16.2 Å². The van der Waals surface area contributed by atoms with E-state index in [0.29, 0.717) is 0 Å². The Labute approximate surface area is 104 Å². The summed E-state index contributed by atoms with van der Waals surface area (Å²) in [5.74, 6) is -0.0856. The predicted octanol–water partition coefficient (Wildman–Crippen LogP) is 2.04. The van der Waals surface area contributed by atoms with E-state index in [4.69, 9.17) is 9.63 Å². The van der Waals surface area contributed by atoms with Crippen LogP contribution in [0.3, 0.4) is 0 Å². The number of nitrogens with zero attached hydrogens (tertiary/aromatic N) is 1. The molecule has 1 amide bonds. The number of aryl methyl sites for hydroxylation is 2. The van der Waals surface area contributed by atoms with Gasteiger partial charge in [0, 0.05) is 11.8 Å². The van der Waals surface area contributed by atoms with Crippen LogP contribution in [0.25, 0.3) is 0 Å². The monoisotopic (exact) mass is 246 g/mol. The van der Waals surface area contributed by atoms with Crippen molar-refractivity contribution in [3.63, 3.8) is 0 Å². The molecule has 0 atom stereocenters. The van der Waals surface area contributed by atoms with E-state index in [-0.39, 0.29) is 24.0 Å². The van der Waals surface area contributed by atoms with Gasteiger partial charge in [-0.1, -0.05) is 23.4 Å². The van der Waals surface area contributed by atoms with Gasteiger partial charge in [-0.15, -0.1) is 0 Å². The van der Waals surface area contributed by atoms with E-state index in [2.05, 4.69) is 10.5 Å². The Hall–Kier alpha value is -2.14. The van der Waals surface area contributed by atoms with Gasteiger partial charge in [-0.3, -0.25) is 4.79 Å². The molecule has 0 bridgehead atoms. The summed E-state index contributed by atoms with van der Waals surface area (Å²) in [7, 11) is 0. The van der Waals surface area contributed by atoms with E-state index < -0.39 is 0 Å². The fourth-order valence-electron chi connectivity index (χ4n) is 1.68. The van der Waals surface area contributed by atoms with Crippen molar-refractivity contribution in [2.45, 2.75) is 20.5 Å². The molecular formula is C13H14N2O3. The largest absolute Gasteiger partial charge is 0.388 e. The molecule has 0 aliphatic rings. The molecule has 1 heterocycles. The van der Waals surface area contributed by atoms with Crippen LogP contribution >= 0.6 is 0 Å². The second-order valence-corrected chi connectivity index (χ2v) is 4.06. The fraction of sp³-hybridized carbons (Fsp3) is 0.231. The molecule has 0 radical (unpaired) electrons. The van der Waals surface area contributed by atoms with Crippen molar-refractivity contribution in [3.05, 3.63) is 46.8 Å². The number of carbonyl (C=O) groups excluding carboxylic acids is 1. The lowest BCUT2D eigenvalue weighted by molar-refractivity contribution is 0.101. The zero-order valence-corrected chi connectivity index (χ0v) is 10.2. The van der Waals surface area contributed by atoms with Gasteiger partial charge < -0.3 is 14.9 Å². The molecule has 18 heavy (non-hydrogen) atoms. The predicted molar refractivity (Wildman–Crippen MR) is 66.3 cm³/mol. The quantitative estimate of drug-likeness (QED) is 0.869. The summed E-state index contributed by atoms with van der Waals surface area (Å²) in [6.45, 7) is 3.57. The van der Waals surface area contributed by atoms with Crippen LogP contribution in [0.4, 0.5) is 5.69 Å². The molecule has 2 N–H and O–H groups in total. The van der Waals surface area contributed by atoms with Crippen molar-refractivity contribution in [1.29, 1.82) is 0 Å². The number of benzene rings is 1. The maximum atomic E-state index is 11.9. The molecule has 0 spiro atoms. The molecule has 1 aromatic carbocycles. The van der Waals surface area contributed by atoms with E-state index in [1.54, 1.807) is 0 Å². The molecule has 2 rings (SSSR count). The molecule has 0 unspecified atom stereocenters. The number of aromatic nitrogens is 1. The fourth-order valence-corrected chi connectivity index (χ4v) is 1.68. The Balaban J connectivity index is 2.21. The Morgan fingerprint density at radius 3 is 2.61 bits per heavy atom. The highest BCUT2D eigenvalue weighted by atomic mass is 16.5. The number of aliphatic hydroxyl groups excluding tert-OH is 1. The lowest BCUT2D eigenvalue weighted by atomic mass is 10.1. The van der Waals surface area contributed by atoms with E-state index in [0.717, 1.165) is 16.8 Å². The summed E-state index contributed by atoms with van der Waals surface area (Å²) < 4.78 is 4.77. The summed E-state index contributed by atoms with van der Waals surface area (Å²) >= 11 is 0. The molecule has 5 nitrogen and oxygen atoms in total. The average molecular weight is 246 g/mol. The number of para-hydroxylation sites is 1. The number of nitrogens with one attached hydrogen (secondary N) is 1. The number of anilines is 1. The number of aliphatic hydroxyl groups is 1. The molecule has 0 aliphatic carbocycles. The van der Waals surface area contributed by atoms with Crippen molar-refractivity contribution in [1.82, 2.24) is 5.16 Å². The maximum Gasteiger partial charge on any atom is 0.277 e. The van der Waals surface area contributed by atoms with Gasteiger partial charge in [-0.05, 0) is 25.0 Å². The van der Waals surface area contributed by atoms with Crippen LogP contribution in [0.2, 0.25) is 0 Å². The first-order valence-electron chi connectivity index (χ1n) is 5.56. The lowest BCUT2D eigenvalue weighted by Gasteiger charge is -2.09. The number of hydrogen-bond acceptors (Lipinski definition) is 4. The Morgan fingerprint density at radius 2 is 2.06 bits per heavy atom. The molecule has 94 valence electrons. The lowest BCUT2D eigenvalue weighted by Crippen LogP contribution is -2.14. The molecule has 0 saturated carbocycles. The zero-order valence-electron chi connectivity index (χ0n) is 10.2. The van der Waals surface area contributed by atoms with Crippen molar-refractivity contribution < 1.29 is 14.4 Å². The smallest absolute Gasteiger partial charge is 0.277 e. The van der Waals surface area contributed by atoms with Gasteiger partial charge in [0.05, 0.1) is 0 Å². The highest BCUT2D eigenvalue weighted by Crippen LogP contribution is 2.20. The van der Waals surface area contributed by atoms with Gasteiger partial charge in [-0.25, -0.2) is 0 Å². The SMILES string of the molecule is Cc1cccc(C)c1NC(=O)c1cc(CO)on1. The second kappa shape index (κ2) is 5.01. The van der Waals surface area contributed by atoms with E-state index in [9.17, 15) is 4.79 Å². The van der Waals surface area contributed by atoms with Crippen molar-refractivity contribution in [3.8, 4) is 0 Å². The normalized spacial score (nSPS) is 10.4. The third-order valence-corrected chi connectivity index (χ3v) is 2.67. The minimum atomic E-state index is -0.351. The van der Waals surface area contributed by atoms with E-state index >= 15 is 0 Å². The molecule has 5 heteroatoms. The van der Waals surface area contributed by atoms with Crippen molar-refractivity contribution in [2.75, 3.05) is 5.32 Å². The number of amides is 1. The zero-order chi connectivity index (χ0) is 13.1. The van der Waals surface area contributed by atoms with Gasteiger partial charge in [-0.2, -0.15) is 0 Å². The first-order valence-corrected chi connectivity index (χ1v) is 5.56. The Morgan fingerprint density at radius 1 is 1.39 bits per heavy atom. The van der Waals surface area contributed by atoms with Gasteiger partial charge in [0.25, 0.3) is 5.91 Å². The molecule has 1 aromatic heterocycles. The van der Waals surface area contributed by atoms with Crippen LogP contribution in [-0.2, 0) is 6.61 Å². The van der Waals surface area contributed by atoms with Crippen LogP contribution in [0.5, 0.6) is 0 Å². The minimum absolute atomic E-state index is 0.154. The van der Waals surface area contributed by atoms with Crippen molar-refractivity contribution >= 4 is 11.6 Å². The summed E-state index contributed by atoms with van der Waals surface area (Å²) in [6, 6.07) is 7.19. The number of hydrogen-bond donors (Lipinski definition) is 2. The molecule has 0 saturated heterocycles. The highest BCUT2D eigenvalue weighted by Gasteiger charge is 2.14. The van der Waals surface area contributed by atoms with Crippen LogP contribution < -0.4 is 5.32 Å². The van der Waals surface area contributed by atoms with Gasteiger partial charge in [0.2, 0.25) is 0 Å². The molecule has 0 aliphatic heterocycles. The summed E-state index contributed by atoms with van der Waals surface area (Å²) in [5, 5.41) is 15.2. The molecule has 2 aromatic rings. The Kier molecular flexibility index (Phi) is 3.43. The average Bonchev–Trinajstić information content (AvgIpc) is 2.82. The molecular weight excluding hydrogens is 232 g/mol. The summed E-state index contributed by atoms with van der Waals surface area (Å²) in [4.78, 5) is 11.9. The van der Waals surface area contributed by atoms with Crippen LogP contribution in [0.15, 0.2) is 28.8 Å². The van der Waals surface area contributed by atoms with Crippen LogP contribution in [0.1, 0.15) is 27.4 Å². The maximum absolute atomic E-state index is 11.9. The standard InChI is InChI=1S/C13H14N2O3/c1-8-4-3-5-9(2)12(8)14-13(17)11-6-10(7-16)18-15-11/h3-6,16H,7H2,1-2H3,(H,14,17). The molecule has 0 fully saturated rings. The third-order valence-electron chi connectivity index (χ3n) is 2.67. The summed E-state index contributed by atoms with van der Waals surface area (Å²) in [6.07, 6.45) is 0. The van der Waals surface area contributed by atoms with E-state index in [1.165, 1.54) is 6.07 Å². The first-order chi connectivity index (χ1) is 8.61. The van der Waals surface area contributed by atoms with Crippen LogP contribution in [0, 0.1) is 13.8 Å². The second-order valence-electron chi connectivity index (χ2n) is 4.06. The van der Waals surface area contributed by atoms with Gasteiger partial charge in [0.15, 0.2) is 11.5 Å². The highest BCUT2D eigenvalue weighted by molar-refractivity contribution is 6.03.